The number of allylic oxidation sites excluding steroid dienone is 5. The van der Waals surface area contributed by atoms with Crippen LogP contribution in [0, 0.1) is 13.8 Å². The number of likely N-dealkylation sites (N-methyl/N-ethyl adjacent to an activating group) is 1. The van der Waals surface area contributed by atoms with Crippen LogP contribution in [0.1, 0.15) is 165 Å². The number of furan rings is 1. The van der Waals surface area contributed by atoms with Gasteiger partial charge in [0.05, 0.1) is 40.0 Å². The minimum absolute atomic E-state index is 0.0295. The number of phosphoric ester groups is 1. The molecule has 1 rings (SSSR count). The van der Waals surface area contributed by atoms with E-state index >= 15 is 0 Å². The van der Waals surface area contributed by atoms with Crippen molar-refractivity contribution in [1.82, 2.24) is 0 Å². The van der Waals surface area contributed by atoms with Gasteiger partial charge >= 0.3 is 19.8 Å². The van der Waals surface area contributed by atoms with Gasteiger partial charge in [-0.25, -0.2) is 4.57 Å². The molecule has 0 saturated heterocycles. The Kier molecular flexibility index (Phi) is 31.4. The number of rotatable bonds is 38. The van der Waals surface area contributed by atoms with Crippen molar-refractivity contribution in [3.8, 4) is 0 Å². The molecule has 3 unspecified atom stereocenters. The number of unbranched alkanes of at least 4 members (excludes halogenated alkanes) is 10. The summed E-state index contributed by atoms with van der Waals surface area (Å²) < 4.78 is 40.4. The number of phosphoric acid groups is 1. The molecule has 3 N–H and O–H groups in total. The number of aliphatic hydroxyl groups is 2. The van der Waals surface area contributed by atoms with Crippen LogP contribution in [-0.2, 0) is 45.5 Å². The van der Waals surface area contributed by atoms with Crippen molar-refractivity contribution < 1.29 is 56.7 Å². The SMILES string of the molecule is CCCCC/C=C\C/C=C\C/C=C\CC(O)C(O)CCCC(=O)O[C@H](COC(=O)CCCCCCCCc1oc(CCCCC)c(C)c1C)COP(=O)(O)OCC[N+](C)(C)C. The Balaban J connectivity index is 2.48. The van der Waals surface area contributed by atoms with Crippen LogP contribution in [0.4, 0.5) is 0 Å². The van der Waals surface area contributed by atoms with E-state index in [1.54, 1.807) is 0 Å². The first-order valence-corrected chi connectivity index (χ1v) is 24.7. The molecule has 0 radical (unpaired) electrons. The molecule has 0 fully saturated rings. The van der Waals surface area contributed by atoms with E-state index in [1.165, 1.54) is 43.2 Å². The first kappa shape index (κ1) is 56.4. The Hall–Kier alpha value is -2.57. The average Bonchev–Trinajstić information content (AvgIpc) is 3.47. The van der Waals surface area contributed by atoms with Gasteiger partial charge in [-0.15, -0.1) is 0 Å². The maximum Gasteiger partial charge on any atom is 0.472 e. The summed E-state index contributed by atoms with van der Waals surface area (Å²) in [6, 6.07) is 0. The highest BCUT2D eigenvalue weighted by Crippen LogP contribution is 2.43. The van der Waals surface area contributed by atoms with Gasteiger partial charge in [-0.05, 0) is 89.2 Å². The lowest BCUT2D eigenvalue weighted by atomic mass is 10.0. The summed E-state index contributed by atoms with van der Waals surface area (Å²) in [6.07, 6.45) is 27.7. The monoisotopic (exact) mass is 883 g/mol. The molecule has 13 heteroatoms. The standard InChI is InChI=1S/C48H84NO11P/c1-8-10-12-13-14-15-16-17-18-19-22-26-30-43(50)44(51)31-29-35-48(53)59-42(39-58-61(54,55)57-37-36-49(5,6)7)38-56-47(52)34-28-24-21-20-23-27-33-46-41(4)40(3)45(60-46)32-25-11-9-2/h14-15,17-18,22,26,42-44,50-51H,8-13,16,19-21,23-25,27-39H2,1-7H3/p+1/b15-14-,18-17-,26-22-/t42-,43?,44?/m1/s1. The minimum Gasteiger partial charge on any atom is -0.466 e. The molecule has 4 atom stereocenters. The van der Waals surface area contributed by atoms with Crippen molar-refractivity contribution >= 4 is 19.8 Å². The van der Waals surface area contributed by atoms with Crippen molar-refractivity contribution in [1.29, 1.82) is 0 Å². The third kappa shape index (κ3) is 30.2. The Morgan fingerprint density at radius 3 is 1.89 bits per heavy atom. The van der Waals surface area contributed by atoms with Crippen LogP contribution in [0.15, 0.2) is 40.9 Å². The second-order valence-electron chi connectivity index (χ2n) is 17.3. The molecule has 61 heavy (non-hydrogen) atoms. The zero-order chi connectivity index (χ0) is 45.4. The van der Waals surface area contributed by atoms with E-state index in [4.69, 9.17) is 22.9 Å². The number of aryl methyl sites for hydroxylation is 2. The van der Waals surface area contributed by atoms with E-state index in [-0.39, 0.29) is 45.3 Å². The number of esters is 2. The van der Waals surface area contributed by atoms with Gasteiger partial charge < -0.3 is 33.5 Å². The molecule has 0 aliphatic carbocycles. The van der Waals surface area contributed by atoms with Crippen LogP contribution < -0.4 is 0 Å². The summed E-state index contributed by atoms with van der Waals surface area (Å²) in [6.45, 7) is 8.28. The normalized spacial score (nSPS) is 14.9. The summed E-state index contributed by atoms with van der Waals surface area (Å²) in [5.74, 6) is 1.13. The average molecular weight is 883 g/mol. The number of carbonyl (C=O) groups excluding carboxylic acids is 2. The van der Waals surface area contributed by atoms with Gasteiger partial charge in [0, 0.05) is 25.7 Å². The number of ether oxygens (including phenoxy) is 2. The first-order valence-electron chi connectivity index (χ1n) is 23.2. The summed E-state index contributed by atoms with van der Waals surface area (Å²) in [4.78, 5) is 35.6. The van der Waals surface area contributed by atoms with Crippen LogP contribution in [0.3, 0.4) is 0 Å². The number of hydrogen-bond acceptors (Lipinski definition) is 10. The van der Waals surface area contributed by atoms with Gasteiger partial charge in [0.15, 0.2) is 6.10 Å². The van der Waals surface area contributed by atoms with Crippen LogP contribution in [0.25, 0.3) is 0 Å². The maximum absolute atomic E-state index is 12.8. The molecular formula is C48H85NO11P+. The van der Waals surface area contributed by atoms with Crippen LogP contribution >= 0.6 is 7.82 Å². The highest BCUT2D eigenvalue weighted by Gasteiger charge is 2.27. The van der Waals surface area contributed by atoms with E-state index < -0.39 is 44.7 Å². The van der Waals surface area contributed by atoms with Crippen molar-refractivity contribution in [2.45, 2.75) is 187 Å². The molecule has 0 amide bonds. The molecular weight excluding hydrogens is 797 g/mol. The van der Waals surface area contributed by atoms with Gasteiger partial charge in [-0.2, -0.15) is 0 Å². The number of quaternary nitrogens is 1. The van der Waals surface area contributed by atoms with Crippen molar-refractivity contribution in [2.24, 2.45) is 0 Å². The quantitative estimate of drug-likeness (QED) is 0.0191. The van der Waals surface area contributed by atoms with E-state index in [9.17, 15) is 29.3 Å². The highest BCUT2D eigenvalue weighted by atomic mass is 31.2. The second kappa shape index (κ2) is 33.9. The molecule has 352 valence electrons. The molecule has 0 aromatic carbocycles. The molecule has 1 aromatic heterocycles. The topological polar surface area (TPSA) is 162 Å². The summed E-state index contributed by atoms with van der Waals surface area (Å²) in [5.41, 5.74) is 2.58. The molecule has 0 spiro atoms. The van der Waals surface area contributed by atoms with Crippen molar-refractivity contribution in [3.63, 3.8) is 0 Å². The number of carbonyl (C=O) groups is 2. The summed E-state index contributed by atoms with van der Waals surface area (Å²) in [5, 5.41) is 20.8. The van der Waals surface area contributed by atoms with E-state index in [0.717, 1.165) is 82.1 Å². The summed E-state index contributed by atoms with van der Waals surface area (Å²) in [7, 11) is 1.27. The predicted octanol–water partition coefficient (Wildman–Crippen LogP) is 10.5. The maximum atomic E-state index is 12.8. The Morgan fingerprint density at radius 1 is 0.689 bits per heavy atom. The lowest BCUT2D eigenvalue weighted by molar-refractivity contribution is -0.870. The summed E-state index contributed by atoms with van der Waals surface area (Å²) >= 11 is 0. The molecule has 12 nitrogen and oxygen atoms in total. The zero-order valence-corrected chi connectivity index (χ0v) is 40.0. The smallest absolute Gasteiger partial charge is 0.466 e. The van der Waals surface area contributed by atoms with Gasteiger partial charge in [-0.1, -0.05) is 102 Å². The number of aliphatic hydroxyl groups excluding tert-OH is 2. The Labute approximate surface area is 369 Å². The molecule has 0 aliphatic rings. The fourth-order valence-electron chi connectivity index (χ4n) is 6.47. The lowest BCUT2D eigenvalue weighted by Gasteiger charge is -2.24. The van der Waals surface area contributed by atoms with Gasteiger partial charge in [-0.3, -0.25) is 18.6 Å². The minimum atomic E-state index is -4.47. The van der Waals surface area contributed by atoms with Crippen molar-refractivity contribution in [2.75, 3.05) is 47.5 Å². The molecule has 1 heterocycles. The van der Waals surface area contributed by atoms with E-state index in [2.05, 4.69) is 52.0 Å². The molecule has 1 aromatic rings. The fraction of sp³-hybridized carbons (Fsp3) is 0.750. The third-order valence-electron chi connectivity index (χ3n) is 10.6. The lowest BCUT2D eigenvalue weighted by Crippen LogP contribution is -2.37. The van der Waals surface area contributed by atoms with Crippen molar-refractivity contribution in [3.05, 3.63) is 59.1 Å². The molecule has 0 saturated carbocycles. The zero-order valence-electron chi connectivity index (χ0n) is 39.1. The largest absolute Gasteiger partial charge is 0.472 e. The van der Waals surface area contributed by atoms with Crippen LogP contribution in [0.5, 0.6) is 0 Å². The molecule has 0 aliphatic heterocycles. The fourth-order valence-corrected chi connectivity index (χ4v) is 7.21. The number of hydrogen-bond donors (Lipinski definition) is 3. The van der Waals surface area contributed by atoms with E-state index in [1.807, 2.05) is 33.3 Å². The highest BCUT2D eigenvalue weighted by molar-refractivity contribution is 7.47. The van der Waals surface area contributed by atoms with E-state index in [0.29, 0.717) is 17.4 Å². The molecule has 0 bridgehead atoms. The Bertz CT molecular complexity index is 1450. The second-order valence-corrected chi connectivity index (χ2v) is 18.8. The predicted molar refractivity (Wildman–Crippen MR) is 244 cm³/mol. The van der Waals surface area contributed by atoms with Gasteiger partial charge in [0.25, 0.3) is 0 Å². The third-order valence-corrected chi connectivity index (χ3v) is 11.6. The number of nitrogens with zero attached hydrogens (tertiary/aromatic N) is 1. The van der Waals surface area contributed by atoms with Gasteiger partial charge in [0.1, 0.15) is 31.3 Å². The van der Waals surface area contributed by atoms with Gasteiger partial charge in [0.2, 0.25) is 0 Å². The first-order chi connectivity index (χ1) is 29.1. The van der Waals surface area contributed by atoms with Crippen LogP contribution in [-0.4, -0.2) is 97.3 Å². The Morgan fingerprint density at radius 2 is 1.25 bits per heavy atom. The van der Waals surface area contributed by atoms with Crippen LogP contribution in [0.2, 0.25) is 0 Å².